The van der Waals surface area contributed by atoms with Crippen LogP contribution in [0.2, 0.25) is 6.55 Å². The topological polar surface area (TPSA) is 9.23 Å². The van der Waals surface area contributed by atoms with Crippen LogP contribution in [-0.2, 0) is 4.74 Å². The van der Waals surface area contributed by atoms with Crippen molar-refractivity contribution in [2.24, 2.45) is 0 Å². The second kappa shape index (κ2) is 4.66. The Morgan fingerprint density at radius 1 is 1.36 bits per heavy atom. The fourth-order valence-electron chi connectivity index (χ4n) is 1.93. The van der Waals surface area contributed by atoms with Crippen LogP contribution in [0.4, 0.5) is 13.2 Å². The van der Waals surface area contributed by atoms with Crippen LogP contribution in [0, 0.1) is 0 Å². The number of ether oxygens (including phenoxy) is 1. The van der Waals surface area contributed by atoms with Gasteiger partial charge in [-0.2, -0.15) is 13.2 Å². The molecule has 0 saturated carbocycles. The fourth-order valence-corrected chi connectivity index (χ4v) is 3.41. The van der Waals surface area contributed by atoms with Crippen molar-refractivity contribution in [3.05, 3.63) is 0 Å². The third-order valence-corrected chi connectivity index (χ3v) is 5.14. The van der Waals surface area contributed by atoms with Gasteiger partial charge in [0, 0.05) is 13.0 Å². The van der Waals surface area contributed by atoms with Crippen molar-refractivity contribution in [2.45, 2.75) is 50.1 Å². The van der Waals surface area contributed by atoms with Crippen molar-refractivity contribution in [1.82, 2.24) is 0 Å². The van der Waals surface area contributed by atoms with Gasteiger partial charge in [-0.15, -0.1) is 0 Å². The van der Waals surface area contributed by atoms with Gasteiger partial charge in [0.2, 0.25) is 0 Å². The Morgan fingerprint density at radius 3 is 2.50 bits per heavy atom. The summed E-state index contributed by atoms with van der Waals surface area (Å²) in [6.07, 6.45) is -1.67. The predicted molar refractivity (Wildman–Crippen MR) is 52.2 cm³/mol. The standard InChI is InChI=1S/C9H17F3OSi/c1-14-8(4-2-3-7-13-8)5-6-9(10,11)12/h2-7,14H2,1H3. The molecule has 1 aliphatic rings. The maximum Gasteiger partial charge on any atom is 0.389 e. The van der Waals surface area contributed by atoms with E-state index in [4.69, 9.17) is 4.74 Å². The normalized spacial score (nSPS) is 30.0. The molecule has 0 aliphatic carbocycles. The molecule has 1 unspecified atom stereocenters. The number of halogens is 3. The summed E-state index contributed by atoms with van der Waals surface area (Å²) >= 11 is 0. The SMILES string of the molecule is C[SiH2]C1(CCC(F)(F)F)CCCCO1. The maximum atomic E-state index is 12.1. The minimum absolute atomic E-state index is 0.180. The van der Waals surface area contributed by atoms with Gasteiger partial charge in [-0.25, -0.2) is 0 Å². The Morgan fingerprint density at radius 2 is 2.07 bits per heavy atom. The van der Waals surface area contributed by atoms with E-state index >= 15 is 0 Å². The van der Waals surface area contributed by atoms with Crippen molar-refractivity contribution in [3.63, 3.8) is 0 Å². The van der Waals surface area contributed by atoms with Crippen LogP contribution in [0.15, 0.2) is 0 Å². The van der Waals surface area contributed by atoms with Gasteiger partial charge in [-0.3, -0.25) is 0 Å². The first-order valence-electron chi connectivity index (χ1n) is 5.18. The Kier molecular flexibility index (Phi) is 4.01. The van der Waals surface area contributed by atoms with Crippen molar-refractivity contribution in [2.75, 3.05) is 6.61 Å². The zero-order chi connectivity index (χ0) is 10.7. The minimum atomic E-state index is -4.03. The molecule has 0 radical (unpaired) electrons. The van der Waals surface area contributed by atoms with Gasteiger partial charge in [0.25, 0.3) is 0 Å². The van der Waals surface area contributed by atoms with Crippen LogP contribution >= 0.6 is 0 Å². The highest BCUT2D eigenvalue weighted by Gasteiger charge is 2.36. The van der Waals surface area contributed by atoms with Crippen molar-refractivity contribution >= 4 is 9.52 Å². The van der Waals surface area contributed by atoms with Crippen LogP contribution < -0.4 is 0 Å². The van der Waals surface area contributed by atoms with Crippen LogP contribution in [0.25, 0.3) is 0 Å². The summed E-state index contributed by atoms with van der Waals surface area (Å²) in [6, 6.07) is 0. The monoisotopic (exact) mass is 226 g/mol. The third-order valence-electron chi connectivity index (χ3n) is 2.94. The van der Waals surface area contributed by atoms with Gasteiger partial charge in [-0.05, 0) is 25.7 Å². The summed E-state index contributed by atoms with van der Waals surface area (Å²) in [6.45, 7) is 2.69. The molecule has 5 heteroatoms. The Hall–Kier alpha value is -0.0331. The highest BCUT2D eigenvalue weighted by molar-refractivity contribution is 6.37. The largest absolute Gasteiger partial charge is 0.389 e. The van der Waals surface area contributed by atoms with E-state index in [1.807, 2.05) is 6.55 Å². The second-order valence-corrected chi connectivity index (χ2v) is 5.95. The molecule has 1 heterocycles. The molecule has 1 fully saturated rings. The molecule has 0 aromatic carbocycles. The quantitative estimate of drug-likeness (QED) is 0.672. The molecular formula is C9H17F3OSi. The Balaban J connectivity index is 2.44. The summed E-state index contributed by atoms with van der Waals surface area (Å²) in [5.41, 5.74) is 0. The zero-order valence-corrected chi connectivity index (χ0v) is 9.91. The molecule has 1 saturated heterocycles. The van der Waals surface area contributed by atoms with Crippen molar-refractivity contribution < 1.29 is 17.9 Å². The average molecular weight is 226 g/mol. The number of alkyl halides is 3. The lowest BCUT2D eigenvalue weighted by atomic mass is 10.0. The highest BCUT2D eigenvalue weighted by atomic mass is 28.2. The molecule has 0 aromatic rings. The minimum Gasteiger partial charge on any atom is -0.379 e. The Bertz CT molecular complexity index is 175. The molecule has 1 rings (SSSR count). The fraction of sp³-hybridized carbons (Fsp3) is 1.00. The average Bonchev–Trinajstić information content (AvgIpc) is 2.15. The lowest BCUT2D eigenvalue weighted by Crippen LogP contribution is -2.42. The van der Waals surface area contributed by atoms with E-state index in [0.29, 0.717) is 6.61 Å². The molecule has 1 aliphatic heterocycles. The van der Waals surface area contributed by atoms with Crippen molar-refractivity contribution in [1.29, 1.82) is 0 Å². The van der Waals surface area contributed by atoms with E-state index in [-0.39, 0.29) is 11.6 Å². The summed E-state index contributed by atoms with van der Waals surface area (Å²) in [5, 5.41) is -0.353. The maximum absolute atomic E-state index is 12.1. The summed E-state index contributed by atoms with van der Waals surface area (Å²) < 4.78 is 41.8. The third kappa shape index (κ3) is 3.61. The van der Waals surface area contributed by atoms with Crippen LogP contribution in [0.3, 0.4) is 0 Å². The highest BCUT2D eigenvalue weighted by Crippen LogP contribution is 2.33. The first-order chi connectivity index (χ1) is 6.47. The van der Waals surface area contributed by atoms with Gasteiger partial charge in [-0.1, -0.05) is 6.55 Å². The van der Waals surface area contributed by atoms with E-state index < -0.39 is 22.1 Å². The molecule has 0 aromatic heterocycles. The molecule has 0 bridgehead atoms. The first-order valence-corrected chi connectivity index (χ1v) is 7.30. The first kappa shape index (κ1) is 12.0. The van der Waals surface area contributed by atoms with E-state index in [1.54, 1.807) is 0 Å². The molecule has 0 N–H and O–H groups in total. The molecule has 14 heavy (non-hydrogen) atoms. The van der Waals surface area contributed by atoms with Crippen molar-refractivity contribution in [3.8, 4) is 0 Å². The second-order valence-electron chi connectivity index (χ2n) is 3.96. The van der Waals surface area contributed by atoms with E-state index in [9.17, 15) is 13.2 Å². The predicted octanol–water partition coefficient (Wildman–Crippen LogP) is 2.44. The lowest BCUT2D eigenvalue weighted by Gasteiger charge is -2.37. The number of hydrogen-bond donors (Lipinski definition) is 0. The molecule has 1 nitrogen and oxygen atoms in total. The van der Waals surface area contributed by atoms with Crippen LogP contribution in [-0.4, -0.2) is 27.5 Å². The number of rotatable bonds is 3. The molecule has 0 amide bonds. The summed E-state index contributed by atoms with van der Waals surface area (Å²) in [7, 11) is -0.530. The summed E-state index contributed by atoms with van der Waals surface area (Å²) in [5.74, 6) is 0. The summed E-state index contributed by atoms with van der Waals surface area (Å²) in [4.78, 5) is 0. The van der Waals surface area contributed by atoms with E-state index in [2.05, 4.69) is 0 Å². The zero-order valence-electron chi connectivity index (χ0n) is 8.49. The molecule has 84 valence electrons. The number of hydrogen-bond acceptors (Lipinski definition) is 1. The van der Waals surface area contributed by atoms with Gasteiger partial charge in [0.05, 0.1) is 14.7 Å². The molecule has 1 atom stereocenters. The van der Waals surface area contributed by atoms with Crippen LogP contribution in [0.5, 0.6) is 0 Å². The van der Waals surface area contributed by atoms with Gasteiger partial charge in [0.1, 0.15) is 0 Å². The molecule has 0 spiro atoms. The van der Waals surface area contributed by atoms with Crippen LogP contribution in [0.1, 0.15) is 32.1 Å². The van der Waals surface area contributed by atoms with Gasteiger partial charge < -0.3 is 4.74 Å². The van der Waals surface area contributed by atoms with Gasteiger partial charge >= 0.3 is 6.18 Å². The molecular weight excluding hydrogens is 209 g/mol. The van der Waals surface area contributed by atoms with Gasteiger partial charge in [0.15, 0.2) is 0 Å². The smallest absolute Gasteiger partial charge is 0.379 e. The lowest BCUT2D eigenvalue weighted by molar-refractivity contribution is -0.147. The van der Waals surface area contributed by atoms with E-state index in [0.717, 1.165) is 19.3 Å². The van der Waals surface area contributed by atoms with E-state index in [1.165, 1.54) is 0 Å². The Labute approximate surface area is 84.8 Å².